The molecule has 1 aliphatic carbocycles. The smallest absolute Gasteiger partial charge is 0.271 e. The first-order chi connectivity index (χ1) is 14.0. The fourth-order valence-electron chi connectivity index (χ4n) is 3.48. The molecule has 1 aliphatic rings. The first-order valence-corrected chi connectivity index (χ1v) is 9.29. The molecular formula is C20H22F2N4O3. The lowest BCUT2D eigenvalue weighted by Crippen LogP contribution is -2.50. The zero-order chi connectivity index (χ0) is 20.8. The molecule has 0 aliphatic heterocycles. The third-order valence-electron chi connectivity index (χ3n) is 5.03. The summed E-state index contributed by atoms with van der Waals surface area (Å²) in [5.74, 6) is -2.20. The summed E-state index contributed by atoms with van der Waals surface area (Å²) < 4.78 is 32.5. The summed E-state index contributed by atoms with van der Waals surface area (Å²) in [5, 5.41) is 5.51. The van der Waals surface area contributed by atoms with Gasteiger partial charge < -0.3 is 15.4 Å². The molecule has 3 rings (SSSR count). The van der Waals surface area contributed by atoms with Gasteiger partial charge in [0.05, 0.1) is 18.3 Å². The third-order valence-corrected chi connectivity index (χ3v) is 5.03. The number of nitrogens with zero attached hydrogens (tertiary/aromatic N) is 2. The van der Waals surface area contributed by atoms with Crippen LogP contribution in [0.3, 0.4) is 0 Å². The summed E-state index contributed by atoms with van der Waals surface area (Å²) in [7, 11) is 1.55. The monoisotopic (exact) mass is 404 g/mol. The van der Waals surface area contributed by atoms with E-state index < -0.39 is 17.5 Å². The van der Waals surface area contributed by atoms with Gasteiger partial charge in [0.1, 0.15) is 17.3 Å². The Morgan fingerprint density at radius 3 is 2.79 bits per heavy atom. The lowest BCUT2D eigenvalue weighted by atomic mass is 9.83. The molecule has 2 N–H and O–H groups in total. The van der Waals surface area contributed by atoms with Crippen molar-refractivity contribution in [2.75, 3.05) is 7.11 Å². The molecule has 0 saturated heterocycles. The van der Waals surface area contributed by atoms with E-state index in [-0.39, 0.29) is 41.8 Å². The van der Waals surface area contributed by atoms with Crippen LogP contribution in [0.2, 0.25) is 0 Å². The molecule has 2 aromatic rings. The molecule has 2 amide bonds. The van der Waals surface area contributed by atoms with E-state index in [1.807, 2.05) is 0 Å². The van der Waals surface area contributed by atoms with E-state index in [0.717, 1.165) is 18.2 Å². The van der Waals surface area contributed by atoms with Gasteiger partial charge in [-0.05, 0) is 37.5 Å². The van der Waals surface area contributed by atoms with Crippen molar-refractivity contribution >= 4 is 11.8 Å². The normalized spacial score (nSPS) is 21.4. The average molecular weight is 404 g/mol. The molecule has 29 heavy (non-hydrogen) atoms. The number of carbonyl (C=O) groups excluding carboxylic acids is 2. The molecule has 0 bridgehead atoms. The van der Waals surface area contributed by atoms with Crippen molar-refractivity contribution in [3.05, 3.63) is 59.7 Å². The zero-order valence-electron chi connectivity index (χ0n) is 15.9. The number of carbonyl (C=O) groups is 2. The van der Waals surface area contributed by atoms with Crippen molar-refractivity contribution in [1.82, 2.24) is 20.6 Å². The van der Waals surface area contributed by atoms with E-state index in [1.165, 1.54) is 18.6 Å². The van der Waals surface area contributed by atoms with Gasteiger partial charge in [-0.2, -0.15) is 0 Å². The van der Waals surface area contributed by atoms with Gasteiger partial charge in [-0.3, -0.25) is 14.6 Å². The Hall–Kier alpha value is -2.94. The second kappa shape index (κ2) is 9.51. The summed E-state index contributed by atoms with van der Waals surface area (Å²) in [6.45, 7) is -0.108. The number of methoxy groups -OCH3 is 1. The highest BCUT2D eigenvalue weighted by Gasteiger charge is 2.35. The van der Waals surface area contributed by atoms with Crippen LogP contribution in [-0.2, 0) is 16.1 Å². The highest BCUT2D eigenvalue weighted by molar-refractivity contribution is 5.92. The third kappa shape index (κ3) is 5.32. The minimum atomic E-state index is -0.580. The number of nitrogens with one attached hydrogen (secondary N) is 2. The van der Waals surface area contributed by atoms with Gasteiger partial charge in [-0.1, -0.05) is 0 Å². The van der Waals surface area contributed by atoms with E-state index in [4.69, 9.17) is 4.74 Å². The molecule has 0 unspecified atom stereocenters. The van der Waals surface area contributed by atoms with Crippen LogP contribution in [0.4, 0.5) is 8.78 Å². The Morgan fingerprint density at radius 2 is 2.07 bits per heavy atom. The topological polar surface area (TPSA) is 93.2 Å². The molecule has 1 aromatic heterocycles. The Labute approximate surface area is 166 Å². The van der Waals surface area contributed by atoms with Crippen molar-refractivity contribution in [3.8, 4) is 0 Å². The van der Waals surface area contributed by atoms with Crippen LogP contribution in [0, 0.1) is 17.6 Å². The fraction of sp³-hybridized carbons (Fsp3) is 0.400. The van der Waals surface area contributed by atoms with Gasteiger partial charge in [0, 0.05) is 37.5 Å². The number of hydrogen-bond donors (Lipinski definition) is 2. The molecule has 154 valence electrons. The quantitative estimate of drug-likeness (QED) is 0.768. The van der Waals surface area contributed by atoms with Crippen LogP contribution in [0.1, 0.15) is 35.3 Å². The maximum absolute atomic E-state index is 13.7. The van der Waals surface area contributed by atoms with Gasteiger partial charge in [0.15, 0.2) is 0 Å². The summed E-state index contributed by atoms with van der Waals surface area (Å²) in [4.78, 5) is 32.8. The lowest BCUT2D eigenvalue weighted by Gasteiger charge is -2.35. The number of rotatable bonds is 6. The first-order valence-electron chi connectivity index (χ1n) is 9.29. The number of amides is 2. The summed E-state index contributed by atoms with van der Waals surface area (Å²) >= 11 is 0. The first kappa shape index (κ1) is 20.8. The van der Waals surface area contributed by atoms with Gasteiger partial charge in [0.2, 0.25) is 5.91 Å². The van der Waals surface area contributed by atoms with E-state index in [0.29, 0.717) is 19.3 Å². The fourth-order valence-corrected chi connectivity index (χ4v) is 3.48. The minimum absolute atomic E-state index is 0.0800. The Bertz CT molecular complexity index is 866. The Morgan fingerprint density at radius 1 is 1.24 bits per heavy atom. The SMILES string of the molecule is CO[C@@H]1CC[C@H](C(=O)NCc2cc(F)ccc2F)C[C@H]1NC(=O)c1cnccn1. The van der Waals surface area contributed by atoms with Gasteiger partial charge in [0.25, 0.3) is 5.91 Å². The van der Waals surface area contributed by atoms with Crippen LogP contribution < -0.4 is 10.6 Å². The molecule has 1 aromatic carbocycles. The molecule has 7 nitrogen and oxygen atoms in total. The Kier molecular flexibility index (Phi) is 6.82. The summed E-state index contributed by atoms with van der Waals surface area (Å²) in [6, 6.07) is 2.72. The van der Waals surface area contributed by atoms with E-state index >= 15 is 0 Å². The predicted molar refractivity (Wildman–Crippen MR) is 99.6 cm³/mol. The molecule has 9 heteroatoms. The van der Waals surface area contributed by atoms with Gasteiger partial charge in [-0.15, -0.1) is 0 Å². The number of ether oxygens (including phenoxy) is 1. The number of halogens is 2. The van der Waals surface area contributed by atoms with E-state index in [9.17, 15) is 18.4 Å². The van der Waals surface area contributed by atoms with E-state index in [1.54, 1.807) is 7.11 Å². The standard InChI is InChI=1S/C20H22F2N4O3/c1-29-18-5-2-12(9-16(18)26-20(28)17-11-23-6-7-24-17)19(27)25-10-13-8-14(21)3-4-15(13)22/h3-4,6-8,11-12,16,18H,2,5,9-10H2,1H3,(H,25,27)(H,26,28)/t12-,16+,18+/m0/s1. The largest absolute Gasteiger partial charge is 0.379 e. The lowest BCUT2D eigenvalue weighted by molar-refractivity contribution is -0.127. The van der Waals surface area contributed by atoms with Crippen LogP contribution in [-0.4, -0.2) is 41.0 Å². The average Bonchev–Trinajstić information content (AvgIpc) is 2.74. The van der Waals surface area contributed by atoms with Crippen molar-refractivity contribution < 1.29 is 23.1 Å². The zero-order valence-corrected chi connectivity index (χ0v) is 15.9. The summed E-state index contributed by atoms with van der Waals surface area (Å²) in [6.07, 6.45) is 5.52. The molecule has 0 radical (unpaired) electrons. The second-order valence-corrected chi connectivity index (χ2v) is 6.91. The number of aromatic nitrogens is 2. The van der Waals surface area contributed by atoms with Crippen LogP contribution in [0.15, 0.2) is 36.8 Å². The molecule has 0 spiro atoms. The van der Waals surface area contributed by atoms with Gasteiger partial charge >= 0.3 is 0 Å². The highest BCUT2D eigenvalue weighted by Crippen LogP contribution is 2.27. The van der Waals surface area contributed by atoms with Crippen molar-refractivity contribution in [2.24, 2.45) is 5.92 Å². The van der Waals surface area contributed by atoms with Crippen LogP contribution in [0.5, 0.6) is 0 Å². The number of hydrogen-bond acceptors (Lipinski definition) is 5. The molecule has 3 atom stereocenters. The van der Waals surface area contributed by atoms with E-state index in [2.05, 4.69) is 20.6 Å². The minimum Gasteiger partial charge on any atom is -0.379 e. The molecule has 1 fully saturated rings. The van der Waals surface area contributed by atoms with Crippen molar-refractivity contribution in [3.63, 3.8) is 0 Å². The Balaban J connectivity index is 1.60. The number of benzene rings is 1. The summed E-state index contributed by atoms with van der Waals surface area (Å²) in [5.41, 5.74) is 0.256. The van der Waals surface area contributed by atoms with Crippen LogP contribution >= 0.6 is 0 Å². The molecule has 1 heterocycles. The maximum Gasteiger partial charge on any atom is 0.271 e. The van der Waals surface area contributed by atoms with Crippen molar-refractivity contribution in [1.29, 1.82) is 0 Å². The maximum atomic E-state index is 13.7. The second-order valence-electron chi connectivity index (χ2n) is 6.91. The van der Waals surface area contributed by atoms with Gasteiger partial charge in [-0.25, -0.2) is 13.8 Å². The predicted octanol–water partition coefficient (Wildman–Crippen LogP) is 1.98. The molecule has 1 saturated carbocycles. The highest BCUT2D eigenvalue weighted by atomic mass is 19.1. The molecular weight excluding hydrogens is 382 g/mol. The van der Waals surface area contributed by atoms with Crippen LogP contribution in [0.25, 0.3) is 0 Å². The van der Waals surface area contributed by atoms with Crippen molar-refractivity contribution in [2.45, 2.75) is 38.0 Å².